The van der Waals surface area contributed by atoms with Gasteiger partial charge in [0.05, 0.1) is 0 Å². The summed E-state index contributed by atoms with van der Waals surface area (Å²) in [6, 6.07) is 15.4. The molecule has 4 rings (SSSR count). The van der Waals surface area contributed by atoms with Gasteiger partial charge in [0.15, 0.2) is 17.6 Å². The van der Waals surface area contributed by atoms with Gasteiger partial charge < -0.3 is 29.9 Å². The monoisotopic (exact) mass is 409 g/mol. The van der Waals surface area contributed by atoms with Crippen LogP contribution in [0, 0.1) is 0 Å². The highest BCUT2D eigenvalue weighted by molar-refractivity contribution is 5.84. The lowest BCUT2D eigenvalue weighted by molar-refractivity contribution is 0.00798. The van der Waals surface area contributed by atoms with Crippen molar-refractivity contribution >= 4 is 11.8 Å². The van der Waals surface area contributed by atoms with Crippen LogP contribution < -0.4 is 10.1 Å². The molecule has 0 bridgehead atoms. The van der Waals surface area contributed by atoms with Crippen molar-refractivity contribution in [3.05, 3.63) is 71.8 Å². The van der Waals surface area contributed by atoms with Crippen LogP contribution in [0.15, 0.2) is 60.7 Å². The number of nitrogens with one attached hydrogen (secondary N) is 1. The summed E-state index contributed by atoms with van der Waals surface area (Å²) in [5.74, 6) is -0.792. The third-order valence-corrected chi connectivity index (χ3v) is 4.77. The second kappa shape index (κ2) is 7.75. The zero-order valence-electron chi connectivity index (χ0n) is 15.6. The molecule has 154 valence electrons. The molecule has 1 heterocycles. The molecule has 1 aliphatic rings. The number of rotatable bonds is 3. The molecule has 0 fully saturated rings. The molecule has 0 aromatic heterocycles. The van der Waals surface area contributed by atoms with E-state index in [-0.39, 0.29) is 35.2 Å². The summed E-state index contributed by atoms with van der Waals surface area (Å²) in [4.78, 5) is 12.4. The quantitative estimate of drug-likeness (QED) is 0.416. The molecule has 0 aliphatic carbocycles. The number of benzene rings is 3. The molecule has 1 amide bonds. The highest BCUT2D eigenvalue weighted by atomic mass is 16.6. The summed E-state index contributed by atoms with van der Waals surface area (Å²) >= 11 is 0. The molecule has 0 radical (unpaired) electrons. The maximum absolute atomic E-state index is 12.4. The fraction of sp³-hybridized carbons (Fsp3) is 0.136. The number of phenolic OH excluding ortho intramolecular Hbond substituents is 4. The van der Waals surface area contributed by atoms with Crippen molar-refractivity contribution in [2.24, 2.45) is 0 Å². The molecule has 0 saturated carbocycles. The molecule has 5 N–H and O–H groups in total. The summed E-state index contributed by atoms with van der Waals surface area (Å²) in [5.41, 5.74) is 1.37. The molecule has 3 aromatic carbocycles. The third-order valence-electron chi connectivity index (χ3n) is 4.77. The normalized spacial score (nSPS) is 17.5. The minimum absolute atomic E-state index is 0.107. The summed E-state index contributed by atoms with van der Waals surface area (Å²) in [6.07, 6.45) is -2.33. The van der Waals surface area contributed by atoms with Crippen molar-refractivity contribution in [1.82, 2.24) is 0 Å². The van der Waals surface area contributed by atoms with E-state index in [0.717, 1.165) is 0 Å². The molecule has 1 aliphatic heterocycles. The van der Waals surface area contributed by atoms with Gasteiger partial charge in [0.1, 0.15) is 23.4 Å². The maximum atomic E-state index is 12.4. The predicted molar refractivity (Wildman–Crippen MR) is 107 cm³/mol. The number of anilines is 1. The Kier molecular flexibility index (Phi) is 4.97. The Balaban J connectivity index is 1.65. The van der Waals surface area contributed by atoms with Crippen molar-refractivity contribution in [1.29, 1.82) is 0 Å². The van der Waals surface area contributed by atoms with Gasteiger partial charge in [-0.15, -0.1) is 0 Å². The number of aromatic hydroxyl groups is 4. The third kappa shape index (κ3) is 3.88. The average molecular weight is 409 g/mol. The van der Waals surface area contributed by atoms with Gasteiger partial charge in [-0.05, 0) is 24.3 Å². The van der Waals surface area contributed by atoms with E-state index in [1.54, 1.807) is 24.3 Å². The van der Waals surface area contributed by atoms with Gasteiger partial charge in [-0.3, -0.25) is 5.32 Å². The summed E-state index contributed by atoms with van der Waals surface area (Å²) in [6.45, 7) is 0. The first kappa shape index (κ1) is 19.3. The van der Waals surface area contributed by atoms with Gasteiger partial charge in [0, 0.05) is 35.4 Å². The molecule has 0 saturated heterocycles. The maximum Gasteiger partial charge on any atom is 0.412 e. The average Bonchev–Trinajstić information content (AvgIpc) is 2.71. The fourth-order valence-corrected chi connectivity index (χ4v) is 3.36. The van der Waals surface area contributed by atoms with Crippen LogP contribution in [0.4, 0.5) is 10.5 Å². The van der Waals surface area contributed by atoms with Crippen molar-refractivity contribution in [3.8, 4) is 28.7 Å². The first-order valence-electron chi connectivity index (χ1n) is 9.17. The number of phenols is 4. The summed E-state index contributed by atoms with van der Waals surface area (Å²) in [5, 5.41) is 42.1. The SMILES string of the molecule is O=C(Nc1ccccc1)O[C@H]1Cc2c(O)cc(O)cc2O[C@@H]1c1ccc(O)c(O)c1. The van der Waals surface area contributed by atoms with Gasteiger partial charge >= 0.3 is 6.09 Å². The molecule has 0 unspecified atom stereocenters. The molecule has 3 aromatic rings. The topological polar surface area (TPSA) is 128 Å². The predicted octanol–water partition coefficient (Wildman–Crippen LogP) is 3.80. The zero-order valence-corrected chi connectivity index (χ0v) is 15.6. The minimum Gasteiger partial charge on any atom is -0.508 e. The largest absolute Gasteiger partial charge is 0.508 e. The standard InChI is InChI=1S/C22H19NO7/c24-14-9-17(26)15-11-20(30-22(28)23-13-4-2-1-3-5-13)21(29-19(15)10-14)12-6-7-16(25)18(27)8-12/h1-10,20-21,24-27H,11H2,(H,23,28)/t20-,21+/m0/s1. The Hall–Kier alpha value is -4.07. The summed E-state index contributed by atoms with van der Waals surface area (Å²) < 4.78 is 11.5. The van der Waals surface area contributed by atoms with Crippen LogP contribution in [0.2, 0.25) is 0 Å². The van der Waals surface area contributed by atoms with E-state index >= 15 is 0 Å². The number of fused-ring (bicyclic) bond motifs is 1. The number of carbonyl (C=O) groups excluding carboxylic acids is 1. The number of amides is 1. The van der Waals surface area contributed by atoms with Crippen LogP contribution in [-0.2, 0) is 11.2 Å². The van der Waals surface area contributed by atoms with E-state index in [0.29, 0.717) is 16.8 Å². The van der Waals surface area contributed by atoms with Gasteiger partial charge in [-0.25, -0.2) is 4.79 Å². The van der Waals surface area contributed by atoms with Gasteiger partial charge in [-0.2, -0.15) is 0 Å². The number of ether oxygens (including phenoxy) is 2. The van der Waals surface area contributed by atoms with Crippen molar-refractivity contribution in [2.45, 2.75) is 18.6 Å². The van der Waals surface area contributed by atoms with E-state index in [2.05, 4.69) is 5.32 Å². The van der Waals surface area contributed by atoms with Crippen molar-refractivity contribution < 1.29 is 34.7 Å². The van der Waals surface area contributed by atoms with E-state index in [9.17, 15) is 25.2 Å². The lowest BCUT2D eigenvalue weighted by Gasteiger charge is -2.34. The first-order chi connectivity index (χ1) is 14.4. The molecule has 0 spiro atoms. The molecule has 8 heteroatoms. The first-order valence-corrected chi connectivity index (χ1v) is 9.17. The van der Waals surface area contributed by atoms with Crippen LogP contribution in [-0.4, -0.2) is 32.6 Å². The van der Waals surface area contributed by atoms with Crippen molar-refractivity contribution in [3.63, 3.8) is 0 Å². The van der Waals surface area contributed by atoms with Gasteiger partial charge in [0.2, 0.25) is 0 Å². The van der Waals surface area contributed by atoms with E-state index in [1.807, 2.05) is 6.07 Å². The van der Waals surface area contributed by atoms with E-state index in [4.69, 9.17) is 9.47 Å². The Bertz CT molecular complexity index is 1080. The van der Waals surface area contributed by atoms with E-state index in [1.165, 1.54) is 30.3 Å². The van der Waals surface area contributed by atoms with Crippen LogP contribution in [0.5, 0.6) is 28.7 Å². The molecule has 8 nitrogen and oxygen atoms in total. The smallest absolute Gasteiger partial charge is 0.412 e. The molecule has 2 atom stereocenters. The zero-order chi connectivity index (χ0) is 21.3. The Morgan fingerprint density at radius 3 is 2.43 bits per heavy atom. The number of carbonyl (C=O) groups is 1. The Labute approximate surface area is 171 Å². The van der Waals surface area contributed by atoms with Crippen LogP contribution in [0.3, 0.4) is 0 Å². The van der Waals surface area contributed by atoms with Crippen LogP contribution in [0.1, 0.15) is 17.2 Å². The second-order valence-electron chi connectivity index (χ2n) is 6.87. The number of para-hydroxylation sites is 1. The van der Waals surface area contributed by atoms with Gasteiger partial charge in [-0.1, -0.05) is 24.3 Å². The Morgan fingerprint density at radius 1 is 0.933 bits per heavy atom. The minimum atomic E-state index is -0.861. The highest BCUT2D eigenvalue weighted by Crippen LogP contribution is 2.43. The molecular weight excluding hydrogens is 390 g/mol. The Morgan fingerprint density at radius 2 is 1.70 bits per heavy atom. The number of hydrogen-bond acceptors (Lipinski definition) is 7. The number of hydrogen-bond donors (Lipinski definition) is 5. The molecular formula is C22H19NO7. The van der Waals surface area contributed by atoms with Crippen molar-refractivity contribution in [2.75, 3.05) is 5.32 Å². The van der Waals surface area contributed by atoms with Crippen LogP contribution in [0.25, 0.3) is 0 Å². The lowest BCUT2D eigenvalue weighted by Crippen LogP contribution is -2.36. The van der Waals surface area contributed by atoms with E-state index < -0.39 is 18.3 Å². The fourth-order valence-electron chi connectivity index (χ4n) is 3.36. The highest BCUT2D eigenvalue weighted by Gasteiger charge is 2.36. The lowest BCUT2D eigenvalue weighted by atomic mass is 9.93. The second-order valence-corrected chi connectivity index (χ2v) is 6.87. The van der Waals surface area contributed by atoms with Crippen LogP contribution >= 0.6 is 0 Å². The summed E-state index contributed by atoms with van der Waals surface area (Å²) in [7, 11) is 0. The van der Waals surface area contributed by atoms with Gasteiger partial charge in [0.25, 0.3) is 0 Å². The molecule has 30 heavy (non-hydrogen) atoms.